The first kappa shape index (κ1) is 22.5. The Morgan fingerprint density at radius 1 is 1.28 bits per heavy atom. The van der Waals surface area contributed by atoms with Crippen molar-refractivity contribution in [1.82, 2.24) is 9.78 Å². The fourth-order valence-electron chi connectivity index (χ4n) is 4.15. The molecule has 1 aliphatic carbocycles. The van der Waals surface area contributed by atoms with Crippen LogP contribution in [-0.4, -0.2) is 31.1 Å². The van der Waals surface area contributed by atoms with E-state index >= 15 is 0 Å². The molecule has 4 rings (SSSR count). The van der Waals surface area contributed by atoms with Gasteiger partial charge in [0.1, 0.15) is 6.54 Å². The monoisotopic (exact) mass is 473 g/mol. The molecule has 0 fully saturated rings. The first-order valence-electron chi connectivity index (χ1n) is 10.4. The van der Waals surface area contributed by atoms with E-state index in [1.165, 1.54) is 4.31 Å². The predicted octanol–water partition coefficient (Wildman–Crippen LogP) is 4.79. The van der Waals surface area contributed by atoms with E-state index in [-0.39, 0.29) is 18.6 Å². The normalized spacial score (nSPS) is 16.3. The average Bonchev–Trinajstić information content (AvgIpc) is 3.18. The van der Waals surface area contributed by atoms with E-state index in [4.69, 9.17) is 16.3 Å². The maximum atomic E-state index is 12.4. The maximum absolute atomic E-state index is 12.4. The van der Waals surface area contributed by atoms with E-state index in [0.29, 0.717) is 23.7 Å². The molecule has 1 N–H and O–H groups in total. The molecule has 0 aliphatic heterocycles. The molecule has 1 aliphatic rings. The number of benzene rings is 2. The van der Waals surface area contributed by atoms with Crippen LogP contribution in [0.2, 0.25) is 5.02 Å². The van der Waals surface area contributed by atoms with E-state index in [9.17, 15) is 13.6 Å². The number of hydrogen-bond acceptors (Lipinski definition) is 4. The van der Waals surface area contributed by atoms with Crippen molar-refractivity contribution in [3.63, 3.8) is 0 Å². The molecule has 2 atom stereocenters. The lowest BCUT2D eigenvalue weighted by atomic mass is 9.92. The van der Waals surface area contributed by atoms with Crippen molar-refractivity contribution >= 4 is 34.5 Å². The van der Waals surface area contributed by atoms with Gasteiger partial charge in [0.25, 0.3) is 11.3 Å². The largest absolute Gasteiger partial charge is 0.465 e. The van der Waals surface area contributed by atoms with Crippen LogP contribution >= 0.6 is 11.6 Å². The molecule has 9 heteroatoms. The Morgan fingerprint density at radius 2 is 2.06 bits per heavy atom. The van der Waals surface area contributed by atoms with Gasteiger partial charge in [0, 0.05) is 16.3 Å². The lowest BCUT2D eigenvalue weighted by Gasteiger charge is -2.33. The fourth-order valence-corrected chi connectivity index (χ4v) is 5.08. The van der Waals surface area contributed by atoms with Gasteiger partial charge >= 0.3 is 5.97 Å². The molecule has 2 unspecified atom stereocenters. The highest BCUT2D eigenvalue weighted by Crippen LogP contribution is 2.38. The summed E-state index contributed by atoms with van der Waals surface area (Å²) in [5.41, 5.74) is 4.34. The number of anilines is 1. The van der Waals surface area contributed by atoms with E-state index in [0.717, 1.165) is 35.2 Å². The quantitative estimate of drug-likeness (QED) is 0.394. The molecule has 0 bridgehead atoms. The number of aromatic nitrogens is 2. The molecule has 1 heterocycles. The van der Waals surface area contributed by atoms with Crippen LogP contribution in [0.1, 0.15) is 37.1 Å². The van der Waals surface area contributed by atoms with Gasteiger partial charge in [0.2, 0.25) is 0 Å². The van der Waals surface area contributed by atoms with Crippen LogP contribution in [0.3, 0.4) is 0 Å². The standard InChI is InChI=1S/C23H24ClN3O4S/c1-2-31-23(28)15-26-21-7-4-8-22(20(21)14-25-26)27(32(29)30)19-11-9-16(10-12-19)17-5-3-6-18(24)13-17/h3,5-6,9-14,22H,2,4,7-8,15H2,1H3,(H,29,30). The van der Waals surface area contributed by atoms with Crippen molar-refractivity contribution in [1.29, 1.82) is 0 Å². The van der Waals surface area contributed by atoms with Gasteiger partial charge in [0.05, 0.1) is 24.5 Å². The van der Waals surface area contributed by atoms with Crippen LogP contribution in [0.25, 0.3) is 11.1 Å². The van der Waals surface area contributed by atoms with Gasteiger partial charge in [-0.15, -0.1) is 0 Å². The zero-order valence-corrected chi connectivity index (χ0v) is 19.2. The number of hydrogen-bond donors (Lipinski definition) is 1. The van der Waals surface area contributed by atoms with Gasteiger partial charge in [-0.2, -0.15) is 5.10 Å². The number of carbonyl (C=O) groups excluding carboxylic acids is 1. The second-order valence-corrected chi connectivity index (χ2v) is 8.82. The summed E-state index contributed by atoms with van der Waals surface area (Å²) in [6, 6.07) is 14.7. The van der Waals surface area contributed by atoms with Crippen molar-refractivity contribution in [2.45, 2.75) is 38.8 Å². The van der Waals surface area contributed by atoms with Gasteiger partial charge in [-0.25, -0.2) is 4.21 Å². The zero-order valence-electron chi connectivity index (χ0n) is 17.6. The number of fused-ring (bicyclic) bond motifs is 1. The summed E-state index contributed by atoms with van der Waals surface area (Å²) in [6.45, 7) is 2.11. The lowest BCUT2D eigenvalue weighted by Crippen LogP contribution is -2.33. The third kappa shape index (κ3) is 4.72. The molecule has 32 heavy (non-hydrogen) atoms. The molecule has 7 nitrogen and oxygen atoms in total. The zero-order chi connectivity index (χ0) is 22.7. The minimum atomic E-state index is -2.23. The van der Waals surface area contributed by atoms with Crippen molar-refractivity contribution < 1.29 is 18.3 Å². The van der Waals surface area contributed by atoms with Crippen molar-refractivity contribution in [2.75, 3.05) is 10.9 Å². The van der Waals surface area contributed by atoms with E-state index in [2.05, 4.69) is 5.10 Å². The smallest absolute Gasteiger partial charge is 0.327 e. The Hall–Kier alpha value is -2.68. The Kier molecular flexibility index (Phi) is 6.93. The summed E-state index contributed by atoms with van der Waals surface area (Å²) in [5.74, 6) is -0.347. The van der Waals surface area contributed by atoms with Gasteiger partial charge < -0.3 is 4.74 Å². The number of ether oxygens (including phenoxy) is 1. The second-order valence-electron chi connectivity index (χ2n) is 7.53. The topological polar surface area (TPSA) is 84.7 Å². The highest BCUT2D eigenvalue weighted by molar-refractivity contribution is 7.80. The van der Waals surface area contributed by atoms with Crippen LogP contribution in [0.15, 0.2) is 54.7 Å². The van der Waals surface area contributed by atoms with Gasteiger partial charge in [-0.3, -0.25) is 18.3 Å². The minimum Gasteiger partial charge on any atom is -0.465 e. The van der Waals surface area contributed by atoms with Crippen molar-refractivity contribution in [3.05, 3.63) is 71.0 Å². The van der Waals surface area contributed by atoms with Crippen molar-refractivity contribution in [2.24, 2.45) is 0 Å². The molecule has 0 spiro atoms. The third-order valence-electron chi connectivity index (χ3n) is 5.55. The highest BCUT2D eigenvalue weighted by atomic mass is 35.5. The molecule has 0 saturated heterocycles. The predicted molar refractivity (Wildman–Crippen MR) is 125 cm³/mol. The number of rotatable bonds is 7. The number of halogens is 1. The van der Waals surface area contributed by atoms with Crippen LogP contribution in [0.4, 0.5) is 5.69 Å². The molecule has 2 aromatic carbocycles. The SMILES string of the molecule is CCOC(=O)Cn1ncc2c1CCCC2N(c1ccc(-c2cccc(Cl)c2)cc1)S(=O)O. The van der Waals surface area contributed by atoms with Gasteiger partial charge in [0.15, 0.2) is 0 Å². The first-order chi connectivity index (χ1) is 15.5. The summed E-state index contributed by atoms with van der Waals surface area (Å²) in [7, 11) is 0. The molecule has 168 valence electrons. The molecule has 0 amide bonds. The number of carbonyl (C=O) groups is 1. The third-order valence-corrected chi connectivity index (χ3v) is 6.58. The second kappa shape index (κ2) is 9.85. The van der Waals surface area contributed by atoms with E-state index < -0.39 is 11.3 Å². The Labute approximate surface area is 194 Å². The van der Waals surface area contributed by atoms with Crippen LogP contribution in [0.5, 0.6) is 0 Å². The van der Waals surface area contributed by atoms with Crippen molar-refractivity contribution in [3.8, 4) is 11.1 Å². The molecular formula is C23H24ClN3O4S. The van der Waals surface area contributed by atoms with E-state index in [1.54, 1.807) is 17.8 Å². The Morgan fingerprint density at radius 3 is 2.75 bits per heavy atom. The Bertz CT molecular complexity index is 1130. The lowest BCUT2D eigenvalue weighted by molar-refractivity contribution is -0.144. The van der Waals surface area contributed by atoms with Crippen LogP contribution in [-0.2, 0) is 33.8 Å². The van der Waals surface area contributed by atoms with Crippen LogP contribution in [0, 0.1) is 0 Å². The molecule has 1 aromatic heterocycles. The Balaban J connectivity index is 1.62. The maximum Gasteiger partial charge on any atom is 0.327 e. The molecule has 3 aromatic rings. The highest BCUT2D eigenvalue weighted by Gasteiger charge is 2.32. The van der Waals surface area contributed by atoms with Crippen LogP contribution < -0.4 is 4.31 Å². The molecular weight excluding hydrogens is 450 g/mol. The number of nitrogens with zero attached hydrogens (tertiary/aromatic N) is 3. The summed E-state index contributed by atoms with van der Waals surface area (Å²) in [6.07, 6.45) is 3.98. The first-order valence-corrected chi connectivity index (χ1v) is 11.9. The summed E-state index contributed by atoms with van der Waals surface area (Å²) in [4.78, 5) is 11.9. The summed E-state index contributed by atoms with van der Waals surface area (Å²) in [5, 5.41) is 5.02. The fraction of sp³-hybridized carbons (Fsp3) is 0.304. The molecule has 0 saturated carbocycles. The van der Waals surface area contributed by atoms with Gasteiger partial charge in [-0.1, -0.05) is 35.9 Å². The minimum absolute atomic E-state index is 0.0342. The van der Waals surface area contributed by atoms with E-state index in [1.807, 2.05) is 48.5 Å². The summed E-state index contributed by atoms with van der Waals surface area (Å²) >= 11 is 3.87. The molecule has 0 radical (unpaired) electrons. The average molecular weight is 474 g/mol. The number of esters is 1. The summed E-state index contributed by atoms with van der Waals surface area (Å²) < 4.78 is 30.7. The van der Waals surface area contributed by atoms with Gasteiger partial charge in [-0.05, 0) is 61.6 Å².